The molecule has 3 heterocycles. The Morgan fingerprint density at radius 2 is 1.73 bits per heavy atom. The smallest absolute Gasteiger partial charge is 0.322 e. The number of para-hydroxylation sites is 1. The first-order valence-electron chi connectivity index (χ1n) is 13.2. The number of aromatic nitrogens is 3. The van der Waals surface area contributed by atoms with E-state index in [1.807, 2.05) is 53.6 Å². The molecule has 0 atom stereocenters. The molecule has 11 nitrogen and oxygen atoms in total. The summed E-state index contributed by atoms with van der Waals surface area (Å²) >= 11 is 0. The number of piperidine rings is 1. The number of hydrogen-bond acceptors (Lipinski definition) is 6. The molecule has 11 heteroatoms. The van der Waals surface area contributed by atoms with Gasteiger partial charge in [0.25, 0.3) is 0 Å². The standard InChI is InChI=1S/C29H30N6O5/c1-18(36)34-11-9-19(10-12-34)29-28-22(21-13-20-5-2-3-7-23(20)30-14-21)6-4-8-24(28)35(33-29)17-26(38)31-15-25(37)32-16-27(39)40/h2-8,13-14,19H,9-12,15-17H2,1H3,(H,31,38)(H,32,37)(H,39,40). The normalized spacial score (nSPS) is 13.9. The zero-order valence-electron chi connectivity index (χ0n) is 22.1. The molecular weight excluding hydrogens is 512 g/mol. The first-order valence-corrected chi connectivity index (χ1v) is 13.2. The van der Waals surface area contributed by atoms with E-state index in [4.69, 9.17) is 10.2 Å². The van der Waals surface area contributed by atoms with Gasteiger partial charge in [-0.1, -0.05) is 30.3 Å². The number of carboxylic acid groups (broad SMARTS) is 1. The van der Waals surface area contributed by atoms with Crippen LogP contribution in [0.2, 0.25) is 0 Å². The van der Waals surface area contributed by atoms with Crippen LogP contribution in [0.5, 0.6) is 0 Å². The highest BCUT2D eigenvalue weighted by molar-refractivity contribution is 5.99. The van der Waals surface area contributed by atoms with Gasteiger partial charge in [-0.3, -0.25) is 28.8 Å². The molecular formula is C29H30N6O5. The van der Waals surface area contributed by atoms with Crippen molar-refractivity contribution in [3.05, 3.63) is 60.4 Å². The average Bonchev–Trinajstić information content (AvgIpc) is 3.33. The van der Waals surface area contributed by atoms with Crippen molar-refractivity contribution in [2.45, 2.75) is 32.2 Å². The van der Waals surface area contributed by atoms with Crippen LogP contribution in [-0.4, -0.2) is 74.6 Å². The number of fused-ring (bicyclic) bond motifs is 2. The topological polar surface area (TPSA) is 147 Å². The molecule has 40 heavy (non-hydrogen) atoms. The van der Waals surface area contributed by atoms with E-state index in [2.05, 4.69) is 21.7 Å². The number of nitrogens with one attached hydrogen (secondary N) is 2. The van der Waals surface area contributed by atoms with Crippen LogP contribution in [0.15, 0.2) is 54.7 Å². The second kappa shape index (κ2) is 11.5. The lowest BCUT2D eigenvalue weighted by Gasteiger charge is -2.30. The Labute approximate surface area is 230 Å². The van der Waals surface area contributed by atoms with E-state index in [1.165, 1.54) is 0 Å². The van der Waals surface area contributed by atoms with Gasteiger partial charge in [0.05, 0.1) is 23.3 Å². The van der Waals surface area contributed by atoms with Crippen molar-refractivity contribution in [2.24, 2.45) is 0 Å². The number of likely N-dealkylation sites (tertiary alicyclic amines) is 1. The third-order valence-electron chi connectivity index (χ3n) is 7.21. The van der Waals surface area contributed by atoms with Crippen LogP contribution in [0.25, 0.3) is 32.9 Å². The number of benzene rings is 2. The van der Waals surface area contributed by atoms with Crippen molar-refractivity contribution in [1.82, 2.24) is 30.3 Å². The molecule has 1 aliphatic heterocycles. The van der Waals surface area contributed by atoms with Gasteiger partial charge >= 0.3 is 5.97 Å². The molecule has 0 unspecified atom stereocenters. The van der Waals surface area contributed by atoms with Gasteiger partial charge in [-0.05, 0) is 36.6 Å². The molecule has 0 aliphatic carbocycles. The molecule has 3 N–H and O–H groups in total. The Hall–Kier alpha value is -4.80. The number of carbonyl (C=O) groups is 4. The predicted octanol–water partition coefficient (Wildman–Crippen LogP) is 2.29. The summed E-state index contributed by atoms with van der Waals surface area (Å²) in [6.07, 6.45) is 3.36. The number of pyridine rings is 1. The lowest BCUT2D eigenvalue weighted by atomic mass is 9.89. The van der Waals surface area contributed by atoms with Crippen molar-refractivity contribution in [1.29, 1.82) is 0 Å². The molecule has 5 rings (SSSR count). The minimum atomic E-state index is -1.17. The number of amides is 3. The summed E-state index contributed by atoms with van der Waals surface area (Å²) in [6, 6.07) is 15.9. The van der Waals surface area contributed by atoms with Gasteiger partial charge in [-0.2, -0.15) is 5.10 Å². The van der Waals surface area contributed by atoms with E-state index in [-0.39, 0.29) is 24.9 Å². The third kappa shape index (κ3) is 5.78. The Morgan fingerprint density at radius 3 is 2.48 bits per heavy atom. The van der Waals surface area contributed by atoms with Crippen molar-refractivity contribution >= 4 is 45.5 Å². The van der Waals surface area contributed by atoms with Crippen LogP contribution in [0, 0.1) is 0 Å². The van der Waals surface area contributed by atoms with Crippen molar-refractivity contribution in [3.63, 3.8) is 0 Å². The molecule has 0 radical (unpaired) electrons. The van der Waals surface area contributed by atoms with Gasteiger partial charge in [0.1, 0.15) is 13.1 Å². The monoisotopic (exact) mass is 542 g/mol. The fourth-order valence-electron chi connectivity index (χ4n) is 5.20. The van der Waals surface area contributed by atoms with Crippen LogP contribution in [0.1, 0.15) is 31.4 Å². The van der Waals surface area contributed by atoms with E-state index in [9.17, 15) is 19.2 Å². The molecule has 1 fully saturated rings. The number of aliphatic carboxylic acids is 1. The number of rotatable bonds is 8. The highest BCUT2D eigenvalue weighted by Gasteiger charge is 2.28. The Bertz CT molecular complexity index is 1610. The first-order chi connectivity index (χ1) is 19.3. The second-order valence-corrected chi connectivity index (χ2v) is 9.89. The summed E-state index contributed by atoms with van der Waals surface area (Å²) in [5.74, 6) is -2.03. The minimum Gasteiger partial charge on any atom is -0.480 e. The highest BCUT2D eigenvalue weighted by Crippen LogP contribution is 2.38. The van der Waals surface area contributed by atoms with Crippen LogP contribution < -0.4 is 10.6 Å². The zero-order chi connectivity index (χ0) is 28.2. The fourth-order valence-corrected chi connectivity index (χ4v) is 5.20. The lowest BCUT2D eigenvalue weighted by Crippen LogP contribution is -2.40. The largest absolute Gasteiger partial charge is 0.480 e. The van der Waals surface area contributed by atoms with E-state index >= 15 is 0 Å². The van der Waals surface area contributed by atoms with E-state index < -0.39 is 24.3 Å². The summed E-state index contributed by atoms with van der Waals surface area (Å²) in [4.78, 5) is 53.7. The maximum Gasteiger partial charge on any atom is 0.322 e. The second-order valence-electron chi connectivity index (χ2n) is 9.89. The quantitative estimate of drug-likeness (QED) is 0.310. The SMILES string of the molecule is CC(=O)N1CCC(c2nn(CC(=O)NCC(=O)NCC(=O)O)c3cccc(-c4cnc5ccccc5c4)c23)CC1. The van der Waals surface area contributed by atoms with Crippen LogP contribution in [0.3, 0.4) is 0 Å². The number of nitrogens with zero attached hydrogens (tertiary/aromatic N) is 4. The van der Waals surface area contributed by atoms with Crippen LogP contribution >= 0.6 is 0 Å². The van der Waals surface area contributed by atoms with Gasteiger partial charge in [0.15, 0.2) is 0 Å². The Kier molecular flexibility index (Phi) is 7.72. The van der Waals surface area contributed by atoms with Crippen molar-refractivity contribution in [2.75, 3.05) is 26.2 Å². The highest BCUT2D eigenvalue weighted by atomic mass is 16.4. The van der Waals surface area contributed by atoms with Crippen LogP contribution in [-0.2, 0) is 25.7 Å². The first kappa shape index (κ1) is 26.8. The summed E-state index contributed by atoms with van der Waals surface area (Å²) in [5.41, 5.74) is 4.44. The maximum atomic E-state index is 12.8. The Balaban J connectivity index is 1.48. The average molecular weight is 543 g/mol. The molecule has 4 aromatic rings. The molecule has 0 spiro atoms. The van der Waals surface area contributed by atoms with Gasteiger partial charge in [0.2, 0.25) is 17.7 Å². The Morgan fingerprint density at radius 1 is 0.975 bits per heavy atom. The number of carbonyl (C=O) groups excluding carboxylic acids is 3. The maximum absolute atomic E-state index is 12.8. The van der Waals surface area contributed by atoms with Crippen LogP contribution in [0.4, 0.5) is 0 Å². The van der Waals surface area contributed by atoms with Gasteiger partial charge in [0, 0.05) is 48.5 Å². The van der Waals surface area contributed by atoms with E-state index in [0.717, 1.165) is 51.5 Å². The van der Waals surface area contributed by atoms with Gasteiger partial charge in [-0.25, -0.2) is 0 Å². The number of hydrogen-bond donors (Lipinski definition) is 3. The summed E-state index contributed by atoms with van der Waals surface area (Å²) < 4.78 is 1.64. The summed E-state index contributed by atoms with van der Waals surface area (Å²) in [5, 5.41) is 20.3. The molecule has 2 aromatic carbocycles. The number of carboxylic acids is 1. The van der Waals surface area contributed by atoms with E-state index in [1.54, 1.807) is 11.6 Å². The molecule has 3 amide bonds. The van der Waals surface area contributed by atoms with Gasteiger partial charge < -0.3 is 20.6 Å². The van der Waals surface area contributed by atoms with E-state index in [0.29, 0.717) is 13.1 Å². The van der Waals surface area contributed by atoms with Crippen molar-refractivity contribution in [3.8, 4) is 11.1 Å². The summed E-state index contributed by atoms with van der Waals surface area (Å²) in [7, 11) is 0. The molecule has 0 bridgehead atoms. The minimum absolute atomic E-state index is 0.0563. The molecule has 1 saturated heterocycles. The molecule has 206 valence electrons. The summed E-state index contributed by atoms with van der Waals surface area (Å²) in [6.45, 7) is 1.89. The van der Waals surface area contributed by atoms with Gasteiger partial charge in [-0.15, -0.1) is 0 Å². The molecule has 2 aromatic heterocycles. The zero-order valence-corrected chi connectivity index (χ0v) is 22.1. The molecule has 1 aliphatic rings. The lowest BCUT2D eigenvalue weighted by molar-refractivity contribution is -0.137. The van der Waals surface area contributed by atoms with Crippen molar-refractivity contribution < 1.29 is 24.3 Å². The third-order valence-corrected chi connectivity index (χ3v) is 7.21. The predicted molar refractivity (Wildman–Crippen MR) is 148 cm³/mol. The molecule has 0 saturated carbocycles. The fraction of sp³-hybridized carbons (Fsp3) is 0.310.